The fourth-order valence-electron chi connectivity index (χ4n) is 2.50. The largest absolute Gasteiger partial charge is 0.417 e. The zero-order chi connectivity index (χ0) is 17.3. The van der Waals surface area contributed by atoms with E-state index in [1.807, 2.05) is 6.92 Å². The predicted molar refractivity (Wildman–Crippen MR) is 77.0 cm³/mol. The Bertz CT molecular complexity index is 726. The summed E-state index contributed by atoms with van der Waals surface area (Å²) in [6.07, 6.45) is -3.27. The molecule has 0 amide bonds. The number of hydrogen-bond donors (Lipinski definition) is 2. The lowest BCUT2D eigenvalue weighted by molar-refractivity contribution is -0.137. The second kappa shape index (κ2) is 6.47. The molecule has 2 N–H and O–H groups in total. The zero-order valence-corrected chi connectivity index (χ0v) is 13.1. The molecular formula is C14H16F3N3O2S. The molecule has 5 nitrogen and oxygen atoms in total. The minimum Gasteiger partial charge on any atom is -0.313 e. The molecule has 9 heteroatoms. The first-order valence-electron chi connectivity index (χ1n) is 7.02. The molecule has 1 aliphatic rings. The van der Waals surface area contributed by atoms with Crippen molar-refractivity contribution in [1.82, 2.24) is 10.0 Å². The molecule has 2 unspecified atom stereocenters. The van der Waals surface area contributed by atoms with E-state index in [1.165, 1.54) is 6.07 Å². The van der Waals surface area contributed by atoms with E-state index in [4.69, 9.17) is 5.26 Å². The van der Waals surface area contributed by atoms with Crippen molar-refractivity contribution >= 4 is 10.0 Å². The van der Waals surface area contributed by atoms with Crippen molar-refractivity contribution in [1.29, 1.82) is 5.26 Å². The van der Waals surface area contributed by atoms with E-state index in [0.717, 1.165) is 25.1 Å². The van der Waals surface area contributed by atoms with E-state index in [2.05, 4.69) is 10.0 Å². The number of benzene rings is 1. The van der Waals surface area contributed by atoms with Gasteiger partial charge in [0.25, 0.3) is 0 Å². The van der Waals surface area contributed by atoms with Crippen LogP contribution < -0.4 is 10.0 Å². The molecule has 1 aromatic carbocycles. The van der Waals surface area contributed by atoms with Crippen LogP contribution in [-0.2, 0) is 16.2 Å². The van der Waals surface area contributed by atoms with Crippen molar-refractivity contribution in [3.05, 3.63) is 29.3 Å². The van der Waals surface area contributed by atoms with E-state index in [1.54, 1.807) is 0 Å². The smallest absolute Gasteiger partial charge is 0.313 e. The summed E-state index contributed by atoms with van der Waals surface area (Å²) in [7, 11) is -4.00. The summed E-state index contributed by atoms with van der Waals surface area (Å²) in [5.41, 5.74) is -1.86. The Morgan fingerprint density at radius 1 is 1.39 bits per heavy atom. The first kappa shape index (κ1) is 17.7. The minimum absolute atomic E-state index is 0.0802. The van der Waals surface area contributed by atoms with Crippen molar-refractivity contribution in [2.45, 2.75) is 42.9 Å². The first-order valence-corrected chi connectivity index (χ1v) is 8.50. The van der Waals surface area contributed by atoms with Crippen LogP contribution in [0.3, 0.4) is 0 Å². The molecule has 0 saturated carbocycles. The summed E-state index contributed by atoms with van der Waals surface area (Å²) in [5.74, 6) is 0. The fourth-order valence-corrected chi connectivity index (χ4v) is 3.88. The summed E-state index contributed by atoms with van der Waals surface area (Å²) < 4.78 is 65.5. The summed E-state index contributed by atoms with van der Waals surface area (Å²) >= 11 is 0. The molecular weight excluding hydrogens is 331 g/mol. The van der Waals surface area contributed by atoms with E-state index < -0.39 is 27.3 Å². The highest BCUT2D eigenvalue weighted by Crippen LogP contribution is 2.32. The van der Waals surface area contributed by atoms with Crippen molar-refractivity contribution in [2.24, 2.45) is 0 Å². The van der Waals surface area contributed by atoms with Gasteiger partial charge in [-0.1, -0.05) is 0 Å². The predicted octanol–water partition coefficient (Wildman–Crippen LogP) is 2.00. The number of nitrogens with one attached hydrogen (secondary N) is 2. The lowest BCUT2D eigenvalue weighted by atomic mass is 10.0. The van der Waals surface area contributed by atoms with Gasteiger partial charge in [0.2, 0.25) is 10.0 Å². The van der Waals surface area contributed by atoms with Gasteiger partial charge in [-0.3, -0.25) is 0 Å². The van der Waals surface area contributed by atoms with Crippen molar-refractivity contribution in [3.63, 3.8) is 0 Å². The number of halogens is 3. The maximum Gasteiger partial charge on any atom is 0.417 e. The molecule has 0 aromatic heterocycles. The molecule has 1 aromatic rings. The third kappa shape index (κ3) is 4.02. The summed E-state index contributed by atoms with van der Waals surface area (Å²) in [6, 6.07) is 3.22. The number of piperidine rings is 1. The standard InChI is InChI=1S/C14H16F3N3O2S/c1-9-13(3-2-6-19-9)20-23(21,22)11-4-5-12(14(15,16)17)10(7-11)8-18/h4-5,7,9,13,19-20H,2-3,6H2,1H3. The molecule has 1 saturated heterocycles. The lowest BCUT2D eigenvalue weighted by Gasteiger charge is -2.30. The van der Waals surface area contributed by atoms with Gasteiger partial charge in [-0.15, -0.1) is 0 Å². The third-order valence-electron chi connectivity index (χ3n) is 3.80. The van der Waals surface area contributed by atoms with Gasteiger partial charge < -0.3 is 5.32 Å². The number of sulfonamides is 1. The van der Waals surface area contributed by atoms with E-state index in [-0.39, 0.29) is 17.0 Å². The van der Waals surface area contributed by atoms with Crippen LogP contribution in [0.4, 0.5) is 13.2 Å². The average molecular weight is 347 g/mol. The summed E-state index contributed by atoms with van der Waals surface area (Å²) in [4.78, 5) is -0.347. The molecule has 1 heterocycles. The van der Waals surface area contributed by atoms with Gasteiger partial charge in [-0.05, 0) is 44.5 Å². The second-order valence-electron chi connectivity index (χ2n) is 5.43. The Hall–Kier alpha value is -1.63. The van der Waals surface area contributed by atoms with Crippen LogP contribution in [-0.4, -0.2) is 27.0 Å². The number of rotatable bonds is 3. The monoisotopic (exact) mass is 347 g/mol. The van der Waals surface area contributed by atoms with E-state index >= 15 is 0 Å². The molecule has 2 atom stereocenters. The van der Waals surface area contributed by atoms with Crippen LogP contribution in [0.5, 0.6) is 0 Å². The van der Waals surface area contributed by atoms with Gasteiger partial charge in [-0.2, -0.15) is 18.4 Å². The summed E-state index contributed by atoms with van der Waals surface area (Å²) in [6.45, 7) is 2.62. The van der Waals surface area contributed by atoms with Crippen molar-refractivity contribution in [2.75, 3.05) is 6.54 Å². The van der Waals surface area contributed by atoms with E-state index in [9.17, 15) is 21.6 Å². The van der Waals surface area contributed by atoms with Crippen LogP contribution in [0.2, 0.25) is 0 Å². The number of nitriles is 1. The number of hydrogen-bond acceptors (Lipinski definition) is 4. The van der Waals surface area contributed by atoms with Crippen LogP contribution in [0.1, 0.15) is 30.9 Å². The SMILES string of the molecule is CC1NCCCC1NS(=O)(=O)c1ccc(C(F)(F)F)c(C#N)c1. The second-order valence-corrected chi connectivity index (χ2v) is 7.14. The summed E-state index contributed by atoms with van der Waals surface area (Å²) in [5, 5.41) is 12.0. The topological polar surface area (TPSA) is 82.0 Å². The molecule has 0 aliphatic carbocycles. The first-order chi connectivity index (χ1) is 10.6. The van der Waals surface area contributed by atoms with Crippen molar-refractivity contribution < 1.29 is 21.6 Å². The Morgan fingerprint density at radius 3 is 2.65 bits per heavy atom. The molecule has 1 aliphatic heterocycles. The zero-order valence-electron chi connectivity index (χ0n) is 12.3. The normalized spacial score (nSPS) is 22.6. The van der Waals surface area contributed by atoms with Gasteiger partial charge in [0, 0.05) is 12.1 Å². The van der Waals surface area contributed by atoms with Crippen LogP contribution in [0.25, 0.3) is 0 Å². The fraction of sp³-hybridized carbons (Fsp3) is 0.500. The number of nitrogens with zero attached hydrogens (tertiary/aromatic N) is 1. The molecule has 23 heavy (non-hydrogen) atoms. The highest BCUT2D eigenvalue weighted by atomic mass is 32.2. The minimum atomic E-state index is -4.71. The number of alkyl halides is 3. The Balaban J connectivity index is 2.32. The van der Waals surface area contributed by atoms with Gasteiger partial charge in [0.15, 0.2) is 0 Å². The molecule has 0 spiro atoms. The van der Waals surface area contributed by atoms with Gasteiger partial charge >= 0.3 is 6.18 Å². The third-order valence-corrected chi connectivity index (χ3v) is 5.28. The Kier molecular flexibility index (Phi) is 4.98. The highest BCUT2D eigenvalue weighted by Gasteiger charge is 2.35. The van der Waals surface area contributed by atoms with Gasteiger partial charge in [0.1, 0.15) is 0 Å². The van der Waals surface area contributed by atoms with Gasteiger partial charge in [0.05, 0.1) is 22.1 Å². The maximum absolute atomic E-state index is 12.8. The molecule has 0 bridgehead atoms. The quantitative estimate of drug-likeness (QED) is 0.876. The highest BCUT2D eigenvalue weighted by molar-refractivity contribution is 7.89. The Morgan fingerprint density at radius 2 is 2.09 bits per heavy atom. The molecule has 0 radical (unpaired) electrons. The van der Waals surface area contributed by atoms with Crippen LogP contribution in [0.15, 0.2) is 23.1 Å². The molecule has 126 valence electrons. The lowest BCUT2D eigenvalue weighted by Crippen LogP contribution is -2.51. The average Bonchev–Trinajstić information content (AvgIpc) is 2.48. The van der Waals surface area contributed by atoms with E-state index in [0.29, 0.717) is 12.5 Å². The van der Waals surface area contributed by atoms with Crippen LogP contribution in [0, 0.1) is 11.3 Å². The van der Waals surface area contributed by atoms with Crippen molar-refractivity contribution in [3.8, 4) is 6.07 Å². The molecule has 2 rings (SSSR count). The van der Waals surface area contributed by atoms with Gasteiger partial charge in [-0.25, -0.2) is 13.1 Å². The molecule has 1 fully saturated rings. The Labute approximate surface area is 132 Å². The van der Waals surface area contributed by atoms with Crippen LogP contribution >= 0.6 is 0 Å². The maximum atomic E-state index is 12.8.